The van der Waals surface area contributed by atoms with Crippen LogP contribution in [0.4, 0.5) is 0 Å². The average molecular weight is 307 g/mol. The van der Waals surface area contributed by atoms with Gasteiger partial charge >= 0.3 is 0 Å². The minimum absolute atomic E-state index is 0.153. The quantitative estimate of drug-likeness (QED) is 0.616. The first-order valence-corrected chi connectivity index (χ1v) is 8.15. The van der Waals surface area contributed by atoms with E-state index in [4.69, 9.17) is 9.47 Å². The first-order chi connectivity index (χ1) is 11.2. The standard InChI is InChI=1S/C19H17NO3/c1-20-16-12-5-3-11(8-21)17-19(12)9-18(16,20)7-10-4-6-13(22-2)15(23-17)14(10)19/h3-6,8,16-17H,7,9H2,1-2H3/t16-,17-,18?,19+,20+/m1/s1. The van der Waals surface area contributed by atoms with Crippen molar-refractivity contribution in [2.24, 2.45) is 0 Å². The lowest BCUT2D eigenvalue weighted by Gasteiger charge is -2.41. The van der Waals surface area contributed by atoms with E-state index in [1.54, 1.807) is 7.11 Å². The molecule has 0 radical (unpaired) electrons. The lowest BCUT2D eigenvalue weighted by atomic mass is 9.63. The molecule has 1 saturated heterocycles. The Morgan fingerprint density at radius 2 is 2.26 bits per heavy atom. The molecule has 5 atom stereocenters. The predicted molar refractivity (Wildman–Crippen MR) is 83.9 cm³/mol. The Morgan fingerprint density at radius 3 is 3.04 bits per heavy atom. The monoisotopic (exact) mass is 307 g/mol. The zero-order valence-electron chi connectivity index (χ0n) is 13.1. The van der Waals surface area contributed by atoms with Crippen LogP contribution in [-0.2, 0) is 16.6 Å². The number of aldehydes is 1. The van der Waals surface area contributed by atoms with Crippen LogP contribution in [0.3, 0.4) is 0 Å². The highest BCUT2D eigenvalue weighted by Crippen LogP contribution is 2.73. The average Bonchev–Trinajstić information content (AvgIpc) is 2.88. The fraction of sp³-hybridized carbons (Fsp3) is 0.421. The van der Waals surface area contributed by atoms with Gasteiger partial charge in [-0.2, -0.15) is 0 Å². The molecule has 3 aliphatic carbocycles. The molecule has 4 heteroatoms. The Morgan fingerprint density at radius 1 is 1.39 bits per heavy atom. The maximum atomic E-state index is 11.6. The first kappa shape index (κ1) is 12.4. The number of likely N-dealkylation sites (tertiary alicyclic amines) is 1. The summed E-state index contributed by atoms with van der Waals surface area (Å²) in [6.07, 6.45) is 7.02. The van der Waals surface area contributed by atoms with E-state index < -0.39 is 0 Å². The second-order valence-electron chi connectivity index (χ2n) is 7.48. The van der Waals surface area contributed by atoms with Gasteiger partial charge in [0.1, 0.15) is 12.4 Å². The summed E-state index contributed by atoms with van der Waals surface area (Å²) in [5.41, 5.74) is 4.90. The molecule has 1 aromatic carbocycles. The van der Waals surface area contributed by atoms with Crippen molar-refractivity contribution in [3.05, 3.63) is 46.6 Å². The number of rotatable bonds is 2. The second kappa shape index (κ2) is 3.39. The van der Waals surface area contributed by atoms with Gasteiger partial charge in [-0.15, -0.1) is 0 Å². The fourth-order valence-corrected chi connectivity index (χ4v) is 6.00. The van der Waals surface area contributed by atoms with E-state index >= 15 is 0 Å². The van der Waals surface area contributed by atoms with E-state index in [1.807, 2.05) is 12.1 Å². The normalized spacial score (nSPS) is 43.0. The molecular formula is C19H17NO3. The molecule has 5 aliphatic rings. The number of methoxy groups -OCH3 is 1. The van der Waals surface area contributed by atoms with Gasteiger partial charge in [0.25, 0.3) is 0 Å². The van der Waals surface area contributed by atoms with Crippen LogP contribution in [0.15, 0.2) is 35.4 Å². The number of ether oxygens (including phenoxy) is 2. The minimum Gasteiger partial charge on any atom is -0.493 e. The van der Waals surface area contributed by atoms with Crippen molar-refractivity contribution in [2.45, 2.75) is 35.9 Å². The van der Waals surface area contributed by atoms with Gasteiger partial charge < -0.3 is 9.47 Å². The lowest BCUT2D eigenvalue weighted by Crippen LogP contribution is -2.47. The van der Waals surface area contributed by atoms with Gasteiger partial charge in [-0.25, -0.2) is 0 Å². The highest BCUT2D eigenvalue weighted by atomic mass is 16.5. The molecule has 0 aromatic heterocycles. The highest BCUT2D eigenvalue weighted by molar-refractivity contribution is 5.82. The van der Waals surface area contributed by atoms with Gasteiger partial charge in [-0.05, 0) is 37.1 Å². The number of hydrogen-bond donors (Lipinski definition) is 0. The number of carbonyl (C=O) groups excluding carboxylic acids is 1. The molecule has 4 nitrogen and oxygen atoms in total. The number of carbonyl (C=O) groups is 1. The molecule has 116 valence electrons. The number of piperidine rings is 1. The summed E-state index contributed by atoms with van der Waals surface area (Å²) in [6, 6.07) is 4.69. The van der Waals surface area contributed by atoms with Crippen LogP contribution in [0.25, 0.3) is 0 Å². The number of hydrogen-bond acceptors (Lipinski definition) is 4. The van der Waals surface area contributed by atoms with Gasteiger partial charge in [-0.1, -0.05) is 18.2 Å². The Balaban J connectivity index is 1.72. The predicted octanol–water partition coefficient (Wildman–Crippen LogP) is 1.77. The molecule has 23 heavy (non-hydrogen) atoms. The largest absolute Gasteiger partial charge is 0.493 e. The van der Waals surface area contributed by atoms with Crippen molar-refractivity contribution in [3.8, 4) is 11.5 Å². The van der Waals surface area contributed by atoms with Crippen LogP contribution < -0.4 is 9.47 Å². The Hall–Kier alpha value is -2.07. The summed E-state index contributed by atoms with van der Waals surface area (Å²) in [4.78, 5) is 14.1. The van der Waals surface area contributed by atoms with Crippen LogP contribution in [0.1, 0.15) is 17.5 Å². The SMILES string of the molecule is COc1ccc2c3c1O[C@@H]1C(C=O)=CC=C4[C@H]5[N@](C)C5(C2)C[C@]431. The summed E-state index contributed by atoms with van der Waals surface area (Å²) in [5, 5.41) is 0. The van der Waals surface area contributed by atoms with Crippen molar-refractivity contribution in [1.29, 1.82) is 0 Å². The molecule has 2 bridgehead atoms. The molecule has 1 saturated carbocycles. The zero-order chi connectivity index (χ0) is 15.6. The van der Waals surface area contributed by atoms with Crippen molar-refractivity contribution in [1.82, 2.24) is 4.90 Å². The van der Waals surface area contributed by atoms with E-state index in [2.05, 4.69) is 24.1 Å². The van der Waals surface area contributed by atoms with Crippen molar-refractivity contribution in [3.63, 3.8) is 0 Å². The molecule has 0 N–H and O–H groups in total. The molecule has 1 aromatic rings. The Labute approximate surface area is 134 Å². The molecule has 0 amide bonds. The van der Waals surface area contributed by atoms with E-state index in [0.29, 0.717) is 6.04 Å². The number of benzene rings is 1. The van der Waals surface area contributed by atoms with Crippen molar-refractivity contribution >= 4 is 6.29 Å². The lowest BCUT2D eigenvalue weighted by molar-refractivity contribution is -0.105. The van der Waals surface area contributed by atoms with Crippen LogP contribution >= 0.6 is 0 Å². The van der Waals surface area contributed by atoms with E-state index in [-0.39, 0.29) is 17.1 Å². The van der Waals surface area contributed by atoms with Gasteiger partial charge in [0, 0.05) is 16.7 Å². The Bertz CT molecular complexity index is 870. The highest BCUT2D eigenvalue weighted by Gasteiger charge is 2.79. The van der Waals surface area contributed by atoms with Crippen molar-refractivity contribution < 1.29 is 14.3 Å². The van der Waals surface area contributed by atoms with Crippen LogP contribution in [-0.4, -0.2) is 43.0 Å². The van der Waals surface area contributed by atoms with Crippen molar-refractivity contribution in [2.75, 3.05) is 14.2 Å². The van der Waals surface area contributed by atoms with E-state index in [9.17, 15) is 4.79 Å². The van der Waals surface area contributed by atoms with E-state index in [0.717, 1.165) is 36.2 Å². The van der Waals surface area contributed by atoms with Crippen LogP contribution in [0.5, 0.6) is 11.5 Å². The third-order valence-corrected chi connectivity index (χ3v) is 6.87. The second-order valence-corrected chi connectivity index (χ2v) is 7.48. The maximum absolute atomic E-state index is 11.6. The third-order valence-electron chi connectivity index (χ3n) is 6.87. The molecule has 2 fully saturated rings. The number of allylic oxidation sites excluding steroid dienone is 2. The smallest absolute Gasteiger partial charge is 0.166 e. The van der Waals surface area contributed by atoms with E-state index in [1.165, 1.54) is 16.7 Å². The fourth-order valence-electron chi connectivity index (χ4n) is 6.00. The summed E-state index contributed by atoms with van der Waals surface area (Å²) in [6.45, 7) is 0. The van der Waals surface area contributed by atoms with Crippen LogP contribution in [0, 0.1) is 0 Å². The van der Waals surface area contributed by atoms with Gasteiger partial charge in [0.2, 0.25) is 0 Å². The first-order valence-electron chi connectivity index (χ1n) is 8.15. The van der Waals surface area contributed by atoms with Gasteiger partial charge in [0.05, 0.1) is 18.6 Å². The number of nitrogens with zero attached hydrogens (tertiary/aromatic N) is 1. The summed E-state index contributed by atoms with van der Waals surface area (Å²) in [7, 11) is 3.90. The zero-order valence-corrected chi connectivity index (χ0v) is 13.1. The molecule has 6 rings (SSSR count). The molecule has 1 unspecified atom stereocenters. The number of fused-ring (bicyclic) bond motifs is 1. The molecule has 2 aliphatic heterocycles. The van der Waals surface area contributed by atoms with Crippen LogP contribution in [0.2, 0.25) is 0 Å². The number of likely N-dealkylation sites (N-methyl/N-ethyl adjacent to an activating group) is 1. The minimum atomic E-state index is -0.191. The maximum Gasteiger partial charge on any atom is 0.166 e. The molecular weight excluding hydrogens is 290 g/mol. The summed E-state index contributed by atoms with van der Waals surface area (Å²) >= 11 is 0. The molecule has 2 heterocycles. The summed E-state index contributed by atoms with van der Waals surface area (Å²) in [5.74, 6) is 1.64. The van der Waals surface area contributed by atoms with Gasteiger partial charge in [-0.3, -0.25) is 9.69 Å². The molecule has 2 spiro atoms. The Kier molecular flexibility index (Phi) is 1.82. The van der Waals surface area contributed by atoms with Gasteiger partial charge in [0.15, 0.2) is 11.5 Å². The third kappa shape index (κ3) is 1.03. The topological polar surface area (TPSA) is 38.5 Å². The summed E-state index contributed by atoms with van der Waals surface area (Å²) < 4.78 is 11.9.